The number of nitrogens with zero attached hydrogens (tertiary/aromatic N) is 2. The summed E-state index contributed by atoms with van der Waals surface area (Å²) in [5, 5.41) is 38.6. The molecule has 17 N–H and O–H groups in total. The number of nitrogens with two attached hydrogens (primary N) is 3. The molecule has 0 fully saturated rings. The topological polar surface area (TPSA) is 413 Å². The molecule has 2 aromatic carbocycles. The van der Waals surface area contributed by atoms with E-state index < -0.39 is 108 Å². The number of carboxylic acid groups (broad SMARTS) is 2. The summed E-state index contributed by atoms with van der Waals surface area (Å²) in [5.41, 5.74) is 19.1. The first-order chi connectivity index (χ1) is 35.9. The van der Waals surface area contributed by atoms with Gasteiger partial charge in [-0.15, -0.1) is 0 Å². The monoisotopic (exact) mass is 1040 g/mol. The fourth-order valence-electron chi connectivity index (χ4n) is 8.06. The number of H-pyrrole nitrogens is 2. The SMILES string of the molecule is CCCC[C@H](NC(C)=O)C(=O)N[C@@H](CCC(=O)O)C(=O)N[C@@H](Cc1cnc[nH]1)C(=O)N[C@H](Cc1ccccc1)C(=O)N[C@@H](CCCN=C(N)N)C(=O)N[C@@H](Cc1c[nH]c2ccccc12)C(=O)N[C@@H](CCCN)C(=O)O. The summed E-state index contributed by atoms with van der Waals surface area (Å²) in [6.07, 6.45) is 4.77. The summed E-state index contributed by atoms with van der Waals surface area (Å²) in [7, 11) is 0. The van der Waals surface area contributed by atoms with Crippen LogP contribution in [0, 0.1) is 0 Å². The van der Waals surface area contributed by atoms with Crippen LogP contribution in [0.5, 0.6) is 0 Å². The summed E-state index contributed by atoms with van der Waals surface area (Å²) in [6, 6.07) is 6.21. The number of aromatic nitrogens is 3. The molecule has 0 aliphatic rings. The second kappa shape index (κ2) is 30.6. The normalized spacial score (nSPS) is 13.8. The number of unbranched alkanes of at least 4 members (excludes halogenated alkanes) is 1. The highest BCUT2D eigenvalue weighted by molar-refractivity contribution is 5.98. The molecule has 7 atom stereocenters. The van der Waals surface area contributed by atoms with Crippen molar-refractivity contribution >= 4 is 70.2 Å². The highest BCUT2D eigenvalue weighted by atomic mass is 16.4. The number of rotatable bonds is 33. The third-order valence-corrected chi connectivity index (χ3v) is 12.0. The number of imidazole rings is 1. The lowest BCUT2D eigenvalue weighted by Crippen LogP contribution is -2.60. The van der Waals surface area contributed by atoms with Crippen molar-refractivity contribution in [3.05, 3.63) is 90.1 Å². The summed E-state index contributed by atoms with van der Waals surface area (Å²) in [5.74, 6) is -8.42. The van der Waals surface area contributed by atoms with E-state index in [1.54, 1.807) is 42.6 Å². The lowest BCUT2D eigenvalue weighted by molar-refractivity contribution is -0.142. The molecule has 2 aromatic heterocycles. The van der Waals surface area contributed by atoms with Crippen molar-refractivity contribution in [3.63, 3.8) is 0 Å². The first kappa shape index (κ1) is 59.2. The molecule has 4 aromatic rings. The molecule has 0 spiro atoms. The molecule has 25 heteroatoms. The molecule has 0 aliphatic carbocycles. The van der Waals surface area contributed by atoms with E-state index in [0.717, 1.165) is 10.9 Å². The van der Waals surface area contributed by atoms with Gasteiger partial charge in [0.05, 0.1) is 6.33 Å². The van der Waals surface area contributed by atoms with E-state index in [1.165, 1.54) is 19.4 Å². The highest BCUT2D eigenvalue weighted by Gasteiger charge is 2.35. The number of carboxylic acids is 2. The zero-order chi connectivity index (χ0) is 54.9. The Morgan fingerprint density at radius 3 is 1.69 bits per heavy atom. The molecule has 0 radical (unpaired) electrons. The number of carbonyl (C=O) groups excluding carboxylic acids is 7. The van der Waals surface area contributed by atoms with Crippen LogP contribution in [0.4, 0.5) is 0 Å². The Bertz CT molecular complexity index is 2570. The Balaban J connectivity index is 1.68. The van der Waals surface area contributed by atoms with Gasteiger partial charge in [-0.25, -0.2) is 9.78 Å². The minimum absolute atomic E-state index is 0.0110. The third-order valence-electron chi connectivity index (χ3n) is 12.0. The van der Waals surface area contributed by atoms with Crippen LogP contribution in [0.1, 0.15) is 88.5 Å². The van der Waals surface area contributed by atoms with E-state index >= 15 is 0 Å². The van der Waals surface area contributed by atoms with Gasteiger partial charge in [0.25, 0.3) is 0 Å². The smallest absolute Gasteiger partial charge is 0.326 e. The van der Waals surface area contributed by atoms with Crippen molar-refractivity contribution in [1.29, 1.82) is 0 Å². The van der Waals surface area contributed by atoms with Crippen molar-refractivity contribution in [2.45, 2.75) is 133 Å². The van der Waals surface area contributed by atoms with Crippen LogP contribution in [-0.4, -0.2) is 140 Å². The highest BCUT2D eigenvalue weighted by Crippen LogP contribution is 2.20. The van der Waals surface area contributed by atoms with Gasteiger partial charge >= 0.3 is 11.9 Å². The summed E-state index contributed by atoms with van der Waals surface area (Å²) >= 11 is 0. The number of fused-ring (bicyclic) bond motifs is 1. The number of hydrogen-bond donors (Lipinski definition) is 14. The van der Waals surface area contributed by atoms with Gasteiger partial charge in [0.2, 0.25) is 41.4 Å². The number of aliphatic imine (C=N–C) groups is 1. The van der Waals surface area contributed by atoms with Gasteiger partial charge < -0.3 is 74.6 Å². The van der Waals surface area contributed by atoms with Crippen LogP contribution in [0.2, 0.25) is 0 Å². The first-order valence-corrected chi connectivity index (χ1v) is 24.7. The Hall–Kier alpha value is -8.35. The molecule has 2 heterocycles. The molecule has 0 unspecified atom stereocenters. The van der Waals surface area contributed by atoms with E-state index in [9.17, 15) is 53.4 Å². The van der Waals surface area contributed by atoms with E-state index in [-0.39, 0.29) is 70.4 Å². The fraction of sp³-hybridized carbons (Fsp3) is 0.460. The Kier molecular flexibility index (Phi) is 24.2. The van der Waals surface area contributed by atoms with Crippen molar-refractivity contribution in [3.8, 4) is 0 Å². The van der Waals surface area contributed by atoms with Crippen molar-refractivity contribution in [2.75, 3.05) is 13.1 Å². The van der Waals surface area contributed by atoms with Gasteiger partial charge in [-0.05, 0) is 62.3 Å². The molecule has 0 saturated heterocycles. The van der Waals surface area contributed by atoms with E-state index in [0.29, 0.717) is 29.7 Å². The summed E-state index contributed by atoms with van der Waals surface area (Å²) < 4.78 is 0. The van der Waals surface area contributed by atoms with Gasteiger partial charge in [0, 0.05) is 68.1 Å². The average Bonchev–Trinajstić information content (AvgIpc) is 4.05. The molecule has 75 heavy (non-hydrogen) atoms. The maximum atomic E-state index is 14.7. The largest absolute Gasteiger partial charge is 0.481 e. The number of aromatic amines is 2. The Morgan fingerprint density at radius 1 is 0.613 bits per heavy atom. The van der Waals surface area contributed by atoms with E-state index in [1.807, 2.05) is 25.1 Å². The van der Waals surface area contributed by atoms with E-state index in [2.05, 4.69) is 57.2 Å². The quantitative estimate of drug-likeness (QED) is 0.0159. The number of hydrogen-bond acceptors (Lipinski definition) is 12. The predicted octanol–water partition coefficient (Wildman–Crippen LogP) is -0.736. The summed E-state index contributed by atoms with van der Waals surface area (Å²) in [4.78, 5) is 135. The molecule has 7 amide bonds. The van der Waals surface area contributed by atoms with Crippen LogP contribution in [0.15, 0.2) is 78.3 Å². The van der Waals surface area contributed by atoms with Crippen LogP contribution in [0.3, 0.4) is 0 Å². The molecular formula is C50H70N14O11. The molecule has 0 bridgehead atoms. The number of nitrogens with one attached hydrogen (secondary N) is 9. The average molecular weight is 1040 g/mol. The number of guanidine groups is 1. The Labute approximate surface area is 433 Å². The second-order valence-electron chi connectivity index (χ2n) is 17.9. The van der Waals surface area contributed by atoms with Crippen LogP contribution >= 0.6 is 0 Å². The maximum absolute atomic E-state index is 14.7. The van der Waals surface area contributed by atoms with Gasteiger partial charge in [0.1, 0.15) is 42.3 Å². The molecule has 406 valence electrons. The number of carbonyl (C=O) groups is 9. The van der Waals surface area contributed by atoms with Crippen LogP contribution in [0.25, 0.3) is 10.9 Å². The van der Waals surface area contributed by atoms with Crippen molar-refractivity contribution < 1.29 is 53.4 Å². The van der Waals surface area contributed by atoms with Crippen molar-refractivity contribution in [2.24, 2.45) is 22.2 Å². The molecule has 25 nitrogen and oxygen atoms in total. The number of aliphatic carboxylic acids is 2. The van der Waals surface area contributed by atoms with Crippen LogP contribution in [-0.2, 0) is 62.4 Å². The lowest BCUT2D eigenvalue weighted by Gasteiger charge is -2.28. The zero-order valence-corrected chi connectivity index (χ0v) is 42.1. The minimum Gasteiger partial charge on any atom is -0.481 e. The van der Waals surface area contributed by atoms with Gasteiger partial charge in [-0.2, -0.15) is 0 Å². The first-order valence-electron chi connectivity index (χ1n) is 24.7. The van der Waals surface area contributed by atoms with Gasteiger partial charge in [-0.3, -0.25) is 43.3 Å². The van der Waals surface area contributed by atoms with Crippen molar-refractivity contribution in [1.82, 2.24) is 52.2 Å². The minimum atomic E-state index is -1.49. The number of amides is 7. The number of benzene rings is 2. The van der Waals surface area contributed by atoms with Gasteiger partial charge in [-0.1, -0.05) is 68.3 Å². The molecule has 4 rings (SSSR count). The second-order valence-corrected chi connectivity index (χ2v) is 17.9. The van der Waals surface area contributed by atoms with Crippen LogP contribution < -0.4 is 54.4 Å². The lowest BCUT2D eigenvalue weighted by atomic mass is 10.0. The predicted molar refractivity (Wildman–Crippen MR) is 276 cm³/mol. The number of para-hydroxylation sites is 1. The molecule has 0 aliphatic heterocycles. The maximum Gasteiger partial charge on any atom is 0.326 e. The molecule has 0 saturated carbocycles. The third kappa shape index (κ3) is 20.2. The summed E-state index contributed by atoms with van der Waals surface area (Å²) in [6.45, 7) is 3.31. The Morgan fingerprint density at radius 2 is 1.13 bits per heavy atom. The van der Waals surface area contributed by atoms with E-state index in [4.69, 9.17) is 17.2 Å². The fourth-order valence-corrected chi connectivity index (χ4v) is 8.06. The zero-order valence-electron chi connectivity index (χ0n) is 42.1. The standard InChI is InChI=1S/C50H70N14O11/c1-3-4-15-35(58-29(2)65)43(68)60-37(19-20-42(66)67)45(70)64-41(25-32-27-54-28-57-32)48(73)62-39(23-30-12-6-5-7-13-30)46(71)59-36(18-11-22-55-50(52)53)44(69)63-40(47(72)61-38(49(74)75)17-10-21-51)24-31-26-56-34-16-9-8-14-33(31)34/h5-9,12-14,16,26-28,35-41,56H,3-4,10-11,15,17-25,51H2,1-2H3,(H,54,57)(H,58,65)(H,59,71)(H,60,68)(H,61,72)(H,62,73)(H,63,69)(H,64,70)(H,66,67)(H,74,75)(H4,52,53,55)/t35-,36-,37-,38-,39+,40-,41-/m0/s1. The van der Waals surface area contributed by atoms with Gasteiger partial charge in [0.15, 0.2) is 5.96 Å². The molecular weight excluding hydrogens is 973 g/mol.